The summed E-state index contributed by atoms with van der Waals surface area (Å²) in [7, 11) is -1.33. The molecule has 110 valence electrons. The van der Waals surface area contributed by atoms with Gasteiger partial charge in [-0.3, -0.25) is 4.98 Å². The first-order chi connectivity index (χ1) is 9.98. The zero-order valence-electron chi connectivity index (χ0n) is 13.1. The smallest absolute Gasteiger partial charge is 0.129 e. The van der Waals surface area contributed by atoms with Crippen LogP contribution in [0.4, 0.5) is 0 Å². The van der Waals surface area contributed by atoms with Crippen LogP contribution in [0.5, 0.6) is 0 Å². The van der Waals surface area contributed by atoms with E-state index in [1.807, 2.05) is 18.3 Å². The van der Waals surface area contributed by atoms with Crippen LogP contribution in [-0.2, 0) is 6.54 Å². The molecule has 2 atom stereocenters. The number of rotatable bonds is 3. The van der Waals surface area contributed by atoms with E-state index in [2.05, 4.69) is 47.5 Å². The molecule has 1 aromatic heterocycles. The maximum absolute atomic E-state index is 9.08. The van der Waals surface area contributed by atoms with E-state index < -0.39 is 8.07 Å². The Morgan fingerprint density at radius 3 is 2.76 bits per heavy atom. The van der Waals surface area contributed by atoms with E-state index in [0.29, 0.717) is 6.04 Å². The molecule has 3 nitrogen and oxygen atoms in total. The molecule has 2 rings (SSSR count). The third-order valence-electron chi connectivity index (χ3n) is 3.63. The second-order valence-corrected chi connectivity index (χ2v) is 11.4. The standard InChI is InChI=1S/C17H23N3Si/c1-21(2,3)10-9-14-7-8-16(19-12-14)13-20-17-6-4-5-15(17)11-18/h7-8,12,15,17,20H,4-6,13H2,1-3H3. The fourth-order valence-corrected chi connectivity index (χ4v) is 2.98. The first kappa shape index (κ1) is 15.8. The number of aromatic nitrogens is 1. The van der Waals surface area contributed by atoms with Gasteiger partial charge in [0.1, 0.15) is 8.07 Å². The lowest BCUT2D eigenvalue weighted by Gasteiger charge is -2.15. The second-order valence-electron chi connectivity index (χ2n) is 6.69. The Kier molecular flexibility index (Phi) is 5.17. The van der Waals surface area contributed by atoms with E-state index >= 15 is 0 Å². The fourth-order valence-electron chi connectivity index (χ4n) is 2.46. The predicted octanol–water partition coefficient (Wildman–Crippen LogP) is 3.09. The number of hydrogen-bond donors (Lipinski definition) is 1. The highest BCUT2D eigenvalue weighted by atomic mass is 28.3. The summed E-state index contributed by atoms with van der Waals surface area (Å²) >= 11 is 0. The number of nitrogens with one attached hydrogen (secondary N) is 1. The van der Waals surface area contributed by atoms with Crippen molar-refractivity contribution in [2.45, 2.75) is 51.5 Å². The van der Waals surface area contributed by atoms with Gasteiger partial charge in [-0.2, -0.15) is 5.26 Å². The minimum atomic E-state index is -1.33. The molecule has 1 aliphatic carbocycles. The van der Waals surface area contributed by atoms with Crippen LogP contribution in [0.3, 0.4) is 0 Å². The molecule has 1 saturated carbocycles. The van der Waals surface area contributed by atoms with Crippen LogP contribution in [0, 0.1) is 28.7 Å². The molecule has 0 bridgehead atoms. The maximum Gasteiger partial charge on any atom is 0.129 e. The van der Waals surface area contributed by atoms with Crippen molar-refractivity contribution in [1.82, 2.24) is 10.3 Å². The van der Waals surface area contributed by atoms with E-state index in [1.54, 1.807) is 0 Å². The minimum Gasteiger partial charge on any atom is -0.307 e. The van der Waals surface area contributed by atoms with Crippen molar-refractivity contribution in [3.8, 4) is 17.5 Å². The minimum absolute atomic E-state index is 0.159. The molecule has 1 aliphatic rings. The van der Waals surface area contributed by atoms with E-state index in [1.165, 1.54) is 0 Å². The Labute approximate surface area is 128 Å². The van der Waals surface area contributed by atoms with Gasteiger partial charge in [0.15, 0.2) is 0 Å². The van der Waals surface area contributed by atoms with Gasteiger partial charge in [-0.05, 0) is 25.0 Å². The van der Waals surface area contributed by atoms with Crippen LogP contribution in [0.2, 0.25) is 19.6 Å². The van der Waals surface area contributed by atoms with Crippen LogP contribution in [0.25, 0.3) is 0 Å². The number of nitriles is 1. The lowest BCUT2D eigenvalue weighted by molar-refractivity contribution is 0.461. The maximum atomic E-state index is 9.08. The highest BCUT2D eigenvalue weighted by Crippen LogP contribution is 2.24. The van der Waals surface area contributed by atoms with Crippen LogP contribution in [0.15, 0.2) is 18.3 Å². The van der Waals surface area contributed by atoms with E-state index in [9.17, 15) is 0 Å². The summed E-state index contributed by atoms with van der Waals surface area (Å²) in [6.07, 6.45) is 5.11. The van der Waals surface area contributed by atoms with Crippen molar-refractivity contribution in [3.63, 3.8) is 0 Å². The van der Waals surface area contributed by atoms with Crippen LogP contribution >= 0.6 is 0 Å². The summed E-state index contributed by atoms with van der Waals surface area (Å²) < 4.78 is 0. The SMILES string of the molecule is C[Si](C)(C)C#Cc1ccc(CNC2CCCC2C#N)nc1. The van der Waals surface area contributed by atoms with E-state index in [0.717, 1.165) is 37.1 Å². The summed E-state index contributed by atoms with van der Waals surface area (Å²) in [5, 5.41) is 12.5. The van der Waals surface area contributed by atoms with Crippen LogP contribution in [0.1, 0.15) is 30.5 Å². The summed E-state index contributed by atoms with van der Waals surface area (Å²) in [6, 6.07) is 6.78. The lowest BCUT2D eigenvalue weighted by Crippen LogP contribution is -2.31. The predicted molar refractivity (Wildman–Crippen MR) is 88.0 cm³/mol. The Hall–Kier alpha value is -1.62. The number of nitrogens with zero attached hydrogens (tertiary/aromatic N) is 2. The van der Waals surface area contributed by atoms with E-state index in [4.69, 9.17) is 5.26 Å². The molecule has 4 heteroatoms. The van der Waals surface area contributed by atoms with Gasteiger partial charge in [-0.15, -0.1) is 5.54 Å². The lowest BCUT2D eigenvalue weighted by atomic mass is 10.1. The molecule has 21 heavy (non-hydrogen) atoms. The summed E-state index contributed by atoms with van der Waals surface area (Å²) in [5.41, 5.74) is 5.34. The topological polar surface area (TPSA) is 48.7 Å². The summed E-state index contributed by atoms with van der Waals surface area (Å²) in [5.74, 6) is 3.37. The summed E-state index contributed by atoms with van der Waals surface area (Å²) in [6.45, 7) is 7.43. The zero-order chi connectivity index (χ0) is 15.3. The van der Waals surface area contributed by atoms with Crippen molar-refractivity contribution in [3.05, 3.63) is 29.6 Å². The van der Waals surface area contributed by atoms with Gasteiger partial charge >= 0.3 is 0 Å². The molecule has 1 aromatic rings. The molecule has 2 unspecified atom stereocenters. The normalized spacial score (nSPS) is 21.4. The molecule has 1 heterocycles. The molecule has 1 fully saturated rings. The van der Waals surface area contributed by atoms with Gasteiger partial charge in [-0.25, -0.2) is 0 Å². The third-order valence-corrected chi connectivity index (χ3v) is 4.51. The molecule has 0 aliphatic heterocycles. The largest absolute Gasteiger partial charge is 0.307 e. The Bertz CT molecular complexity index is 569. The number of pyridine rings is 1. The Balaban J connectivity index is 1.91. The first-order valence-electron chi connectivity index (χ1n) is 7.59. The molecule has 0 aromatic carbocycles. The zero-order valence-corrected chi connectivity index (χ0v) is 14.1. The average molecular weight is 297 g/mol. The molecule has 0 amide bonds. The van der Waals surface area contributed by atoms with Crippen LogP contribution < -0.4 is 5.32 Å². The quantitative estimate of drug-likeness (QED) is 0.689. The first-order valence-corrected chi connectivity index (χ1v) is 11.1. The van der Waals surface area contributed by atoms with Crippen LogP contribution in [-0.4, -0.2) is 19.1 Å². The monoisotopic (exact) mass is 297 g/mol. The van der Waals surface area contributed by atoms with Crippen molar-refractivity contribution in [2.24, 2.45) is 5.92 Å². The molecule has 0 saturated heterocycles. The van der Waals surface area contributed by atoms with Gasteiger partial charge in [0.2, 0.25) is 0 Å². The molecular formula is C17H23N3Si. The van der Waals surface area contributed by atoms with Crippen molar-refractivity contribution >= 4 is 8.07 Å². The average Bonchev–Trinajstić information content (AvgIpc) is 2.90. The van der Waals surface area contributed by atoms with Gasteiger partial charge < -0.3 is 5.32 Å². The molecule has 1 N–H and O–H groups in total. The molecule has 0 radical (unpaired) electrons. The van der Waals surface area contributed by atoms with E-state index in [-0.39, 0.29) is 5.92 Å². The van der Waals surface area contributed by atoms with Crippen molar-refractivity contribution < 1.29 is 0 Å². The summed E-state index contributed by atoms with van der Waals surface area (Å²) in [4.78, 5) is 4.46. The Morgan fingerprint density at radius 2 is 2.14 bits per heavy atom. The third kappa shape index (κ3) is 5.01. The Morgan fingerprint density at radius 1 is 1.33 bits per heavy atom. The van der Waals surface area contributed by atoms with Gasteiger partial charge in [0, 0.05) is 24.3 Å². The highest BCUT2D eigenvalue weighted by molar-refractivity contribution is 6.83. The highest BCUT2D eigenvalue weighted by Gasteiger charge is 2.26. The van der Waals surface area contributed by atoms with Crippen molar-refractivity contribution in [1.29, 1.82) is 5.26 Å². The van der Waals surface area contributed by atoms with Gasteiger partial charge in [0.25, 0.3) is 0 Å². The fraction of sp³-hybridized carbons (Fsp3) is 0.529. The van der Waals surface area contributed by atoms with Crippen molar-refractivity contribution in [2.75, 3.05) is 0 Å². The number of hydrogen-bond acceptors (Lipinski definition) is 3. The van der Waals surface area contributed by atoms with Gasteiger partial charge in [0.05, 0.1) is 17.7 Å². The second kappa shape index (κ2) is 6.89. The van der Waals surface area contributed by atoms with Gasteiger partial charge in [-0.1, -0.05) is 32.0 Å². The molecular weight excluding hydrogens is 274 g/mol. The molecule has 0 spiro atoms.